The second-order valence-electron chi connectivity index (χ2n) is 7.57. The fraction of sp³-hybridized carbons (Fsp3) is 0.632. The van der Waals surface area contributed by atoms with E-state index in [1.54, 1.807) is 0 Å². The average molecular weight is 334 g/mol. The van der Waals surface area contributed by atoms with Crippen molar-refractivity contribution >= 4 is 11.8 Å². The molecule has 0 aliphatic heterocycles. The first-order valence-electron chi connectivity index (χ1n) is 8.79. The van der Waals surface area contributed by atoms with E-state index in [2.05, 4.69) is 22.8 Å². The van der Waals surface area contributed by atoms with Gasteiger partial charge in [0.05, 0.1) is 0 Å². The van der Waals surface area contributed by atoms with Crippen LogP contribution in [0.25, 0.3) is 0 Å². The molecule has 0 atom stereocenters. The van der Waals surface area contributed by atoms with Crippen LogP contribution >= 0.6 is 0 Å². The average Bonchev–Trinajstić information content (AvgIpc) is 2.44. The number of benzene rings is 1. The number of carbonyl (C=O) groups excluding carboxylic acids is 1. The Morgan fingerprint density at radius 3 is 2.50 bits per heavy atom. The second kappa shape index (κ2) is 8.38. The number of rotatable bonds is 7. The lowest BCUT2D eigenvalue weighted by atomic mass is 9.78. The Hall–Kier alpha value is -1.75. The molecule has 3 N–H and O–H groups in total. The maximum atomic E-state index is 11.7. The van der Waals surface area contributed by atoms with Crippen LogP contribution in [0.1, 0.15) is 45.6 Å². The number of ether oxygens (including phenoxy) is 1. The molecule has 24 heavy (non-hydrogen) atoms. The lowest BCUT2D eigenvalue weighted by molar-refractivity contribution is 0.0451. The summed E-state index contributed by atoms with van der Waals surface area (Å²) < 4.78 is 5.27. The lowest BCUT2D eigenvalue weighted by Gasteiger charge is -2.36. The molecule has 0 unspecified atom stereocenters. The molecule has 1 amide bonds. The van der Waals surface area contributed by atoms with Crippen molar-refractivity contribution in [1.82, 2.24) is 5.32 Å². The molecular weight excluding hydrogens is 304 g/mol. The van der Waals surface area contributed by atoms with E-state index in [0.29, 0.717) is 12.3 Å². The summed E-state index contributed by atoms with van der Waals surface area (Å²) in [6, 6.07) is 8.45. The largest absolute Gasteiger partial charge is 0.444 e. The smallest absolute Gasteiger partial charge is 0.407 e. The summed E-state index contributed by atoms with van der Waals surface area (Å²) in [6.45, 7) is 6.74. The molecule has 0 heterocycles. The van der Waals surface area contributed by atoms with E-state index in [4.69, 9.17) is 9.84 Å². The topological polar surface area (TPSA) is 70.6 Å². The van der Waals surface area contributed by atoms with Gasteiger partial charge in [0, 0.05) is 24.9 Å². The summed E-state index contributed by atoms with van der Waals surface area (Å²) in [7, 11) is 0. The fourth-order valence-electron chi connectivity index (χ4n) is 2.90. The molecule has 0 radical (unpaired) electrons. The van der Waals surface area contributed by atoms with Gasteiger partial charge in [-0.3, -0.25) is 0 Å². The quantitative estimate of drug-likeness (QED) is 0.715. The van der Waals surface area contributed by atoms with Gasteiger partial charge >= 0.3 is 6.09 Å². The Labute approximate surface area is 144 Å². The van der Waals surface area contributed by atoms with Crippen molar-refractivity contribution in [2.45, 2.75) is 58.1 Å². The lowest BCUT2D eigenvalue weighted by Crippen LogP contribution is -2.46. The highest BCUT2D eigenvalue weighted by molar-refractivity contribution is 5.68. The van der Waals surface area contributed by atoms with E-state index in [9.17, 15) is 4.79 Å². The summed E-state index contributed by atoms with van der Waals surface area (Å²) in [5.41, 5.74) is 1.82. The van der Waals surface area contributed by atoms with Gasteiger partial charge in [-0.2, -0.15) is 0 Å². The van der Waals surface area contributed by atoms with Crippen LogP contribution in [-0.2, 0) is 11.2 Å². The van der Waals surface area contributed by atoms with Crippen LogP contribution in [0.3, 0.4) is 0 Å². The van der Waals surface area contributed by atoms with Gasteiger partial charge in [0.25, 0.3) is 0 Å². The second-order valence-corrected chi connectivity index (χ2v) is 7.57. The van der Waals surface area contributed by atoms with E-state index in [1.165, 1.54) is 0 Å². The van der Waals surface area contributed by atoms with Crippen molar-refractivity contribution in [2.75, 3.05) is 18.5 Å². The molecule has 5 nitrogen and oxygen atoms in total. The molecule has 0 saturated heterocycles. The molecule has 5 heteroatoms. The SMILES string of the molecule is CC(C)(C)OC(=O)NC1CC(CCNc2ccc(CCO)cc2)C1. The van der Waals surface area contributed by atoms with Crippen LogP contribution < -0.4 is 10.6 Å². The van der Waals surface area contributed by atoms with Gasteiger partial charge < -0.3 is 20.5 Å². The van der Waals surface area contributed by atoms with Crippen LogP contribution in [0.2, 0.25) is 0 Å². The third-order valence-electron chi connectivity index (χ3n) is 4.19. The molecule has 0 aromatic heterocycles. The Bertz CT molecular complexity index is 516. The molecule has 134 valence electrons. The highest BCUT2D eigenvalue weighted by Gasteiger charge is 2.31. The first kappa shape index (κ1) is 18.6. The minimum atomic E-state index is -0.441. The Morgan fingerprint density at radius 1 is 1.25 bits per heavy atom. The van der Waals surface area contributed by atoms with Gasteiger partial charge in [-0.25, -0.2) is 4.79 Å². The number of aliphatic hydroxyl groups is 1. The summed E-state index contributed by atoms with van der Waals surface area (Å²) >= 11 is 0. The third kappa shape index (κ3) is 6.40. The van der Waals surface area contributed by atoms with Crippen LogP contribution in [0, 0.1) is 5.92 Å². The van der Waals surface area contributed by atoms with E-state index in [0.717, 1.165) is 37.1 Å². The normalized spacial score (nSPS) is 20.2. The van der Waals surface area contributed by atoms with Crippen LogP contribution in [0.15, 0.2) is 24.3 Å². The molecule has 0 bridgehead atoms. The van der Waals surface area contributed by atoms with E-state index >= 15 is 0 Å². The van der Waals surface area contributed by atoms with Crippen LogP contribution in [0.4, 0.5) is 10.5 Å². The van der Waals surface area contributed by atoms with Gasteiger partial charge in [-0.1, -0.05) is 12.1 Å². The maximum Gasteiger partial charge on any atom is 0.407 e. The Kier molecular flexibility index (Phi) is 6.49. The van der Waals surface area contributed by atoms with Gasteiger partial charge in [-0.15, -0.1) is 0 Å². The molecule has 1 saturated carbocycles. The Morgan fingerprint density at radius 2 is 1.92 bits per heavy atom. The molecule has 2 rings (SSSR count). The van der Waals surface area contributed by atoms with Gasteiger partial charge in [-0.05, 0) is 70.1 Å². The molecule has 0 spiro atoms. The van der Waals surface area contributed by atoms with Crippen LogP contribution in [-0.4, -0.2) is 36.0 Å². The van der Waals surface area contributed by atoms with Gasteiger partial charge in [0.1, 0.15) is 5.60 Å². The number of alkyl carbamates (subject to hydrolysis) is 1. The molecule has 1 aromatic carbocycles. The van der Waals surface area contributed by atoms with Gasteiger partial charge in [0.15, 0.2) is 0 Å². The first-order valence-corrected chi connectivity index (χ1v) is 8.79. The third-order valence-corrected chi connectivity index (χ3v) is 4.19. The zero-order valence-corrected chi connectivity index (χ0v) is 15.0. The Balaban J connectivity index is 1.58. The van der Waals surface area contributed by atoms with Crippen molar-refractivity contribution in [2.24, 2.45) is 5.92 Å². The number of anilines is 1. The van der Waals surface area contributed by atoms with E-state index < -0.39 is 5.60 Å². The van der Waals surface area contributed by atoms with Crippen molar-refractivity contribution < 1.29 is 14.6 Å². The standard InChI is InChI=1S/C19H30N2O3/c1-19(2,3)24-18(23)21-17-12-15(13-17)8-10-20-16-6-4-14(5-7-16)9-11-22/h4-7,15,17,20,22H,8-13H2,1-3H3,(H,21,23). The van der Waals surface area contributed by atoms with E-state index in [-0.39, 0.29) is 18.7 Å². The first-order chi connectivity index (χ1) is 11.4. The zero-order valence-electron chi connectivity index (χ0n) is 15.0. The number of amides is 1. The molecule has 1 aromatic rings. The van der Waals surface area contributed by atoms with Crippen molar-refractivity contribution in [3.05, 3.63) is 29.8 Å². The molecule has 1 aliphatic rings. The number of hydrogen-bond donors (Lipinski definition) is 3. The highest BCUT2D eigenvalue weighted by Crippen LogP contribution is 2.30. The summed E-state index contributed by atoms with van der Waals surface area (Å²) in [5, 5.41) is 15.3. The number of aliphatic hydroxyl groups excluding tert-OH is 1. The van der Waals surface area contributed by atoms with Gasteiger partial charge in [0.2, 0.25) is 0 Å². The number of carbonyl (C=O) groups is 1. The molecule has 1 aliphatic carbocycles. The summed E-state index contributed by atoms with van der Waals surface area (Å²) in [5.74, 6) is 0.658. The summed E-state index contributed by atoms with van der Waals surface area (Å²) in [6.07, 6.45) is 3.54. The van der Waals surface area contributed by atoms with Crippen molar-refractivity contribution in [3.8, 4) is 0 Å². The van der Waals surface area contributed by atoms with Crippen LogP contribution in [0.5, 0.6) is 0 Å². The minimum absolute atomic E-state index is 0.187. The van der Waals surface area contributed by atoms with Crippen molar-refractivity contribution in [1.29, 1.82) is 0 Å². The monoisotopic (exact) mass is 334 g/mol. The predicted octanol–water partition coefficient (Wildman–Crippen LogP) is 3.33. The molecule has 1 fully saturated rings. The molecular formula is C19H30N2O3. The predicted molar refractivity (Wildman–Crippen MR) is 96.2 cm³/mol. The van der Waals surface area contributed by atoms with E-state index in [1.807, 2.05) is 32.9 Å². The fourth-order valence-corrected chi connectivity index (χ4v) is 2.90. The number of hydrogen-bond acceptors (Lipinski definition) is 4. The van der Waals surface area contributed by atoms with Crippen molar-refractivity contribution in [3.63, 3.8) is 0 Å². The number of nitrogens with one attached hydrogen (secondary N) is 2. The highest BCUT2D eigenvalue weighted by atomic mass is 16.6. The zero-order chi connectivity index (χ0) is 17.6. The summed E-state index contributed by atoms with van der Waals surface area (Å²) in [4.78, 5) is 11.7. The maximum absolute atomic E-state index is 11.7. The minimum Gasteiger partial charge on any atom is -0.444 e.